The fourth-order valence-electron chi connectivity index (χ4n) is 2.13. The molecule has 0 bridgehead atoms. The first kappa shape index (κ1) is 11.0. The Morgan fingerprint density at radius 3 is 2.85 bits per heavy atom. The molecular weight excluding hydrogens is 160 g/mol. The fourth-order valence-corrected chi connectivity index (χ4v) is 2.13. The van der Waals surface area contributed by atoms with E-state index in [-0.39, 0.29) is 0 Å². The van der Waals surface area contributed by atoms with Gasteiger partial charge in [-0.25, -0.2) is 0 Å². The molecule has 0 aromatic rings. The molecular formula is C11H24N2. The van der Waals surface area contributed by atoms with E-state index < -0.39 is 0 Å². The molecule has 1 atom stereocenters. The second kappa shape index (κ2) is 6.39. The predicted molar refractivity (Wildman–Crippen MR) is 58.0 cm³/mol. The van der Waals surface area contributed by atoms with Crippen LogP contribution in [-0.2, 0) is 0 Å². The van der Waals surface area contributed by atoms with Gasteiger partial charge >= 0.3 is 0 Å². The van der Waals surface area contributed by atoms with Gasteiger partial charge in [0.1, 0.15) is 0 Å². The summed E-state index contributed by atoms with van der Waals surface area (Å²) in [4.78, 5) is 2.62. The van der Waals surface area contributed by atoms with Gasteiger partial charge in [-0.2, -0.15) is 0 Å². The molecule has 0 aromatic carbocycles. The lowest BCUT2D eigenvalue weighted by atomic mass is 10.1. The molecule has 0 aliphatic carbocycles. The van der Waals surface area contributed by atoms with Crippen LogP contribution in [0.15, 0.2) is 0 Å². The molecule has 1 N–H and O–H groups in total. The molecule has 0 saturated carbocycles. The standard InChI is InChI=1S/C11H24N2/c1-3-5-6-7-11-10-12-8-9-13(11)4-2/h11-12H,3-10H2,1-2H3. The smallest absolute Gasteiger partial charge is 0.0221 e. The molecule has 1 saturated heterocycles. The molecule has 1 rings (SSSR count). The van der Waals surface area contributed by atoms with Crippen LogP contribution in [0.2, 0.25) is 0 Å². The molecule has 1 fully saturated rings. The number of likely N-dealkylation sites (N-methyl/N-ethyl adjacent to an activating group) is 1. The van der Waals surface area contributed by atoms with Gasteiger partial charge in [0.2, 0.25) is 0 Å². The van der Waals surface area contributed by atoms with Gasteiger partial charge in [0.15, 0.2) is 0 Å². The summed E-state index contributed by atoms with van der Waals surface area (Å²) in [7, 11) is 0. The van der Waals surface area contributed by atoms with Crippen LogP contribution >= 0.6 is 0 Å². The van der Waals surface area contributed by atoms with Gasteiger partial charge in [-0.1, -0.05) is 33.1 Å². The molecule has 78 valence electrons. The van der Waals surface area contributed by atoms with E-state index in [1.807, 2.05) is 0 Å². The summed E-state index contributed by atoms with van der Waals surface area (Å²) in [5, 5.41) is 3.48. The Morgan fingerprint density at radius 2 is 2.15 bits per heavy atom. The molecule has 0 radical (unpaired) electrons. The maximum atomic E-state index is 3.48. The molecule has 1 aliphatic heterocycles. The van der Waals surface area contributed by atoms with Gasteiger partial charge in [0.05, 0.1) is 0 Å². The number of nitrogens with one attached hydrogen (secondary N) is 1. The van der Waals surface area contributed by atoms with Crippen molar-refractivity contribution in [3.8, 4) is 0 Å². The van der Waals surface area contributed by atoms with Crippen molar-refractivity contribution in [3.05, 3.63) is 0 Å². The summed E-state index contributed by atoms with van der Waals surface area (Å²) in [5.41, 5.74) is 0. The van der Waals surface area contributed by atoms with Crippen LogP contribution in [0.4, 0.5) is 0 Å². The molecule has 13 heavy (non-hydrogen) atoms. The number of hydrogen-bond donors (Lipinski definition) is 1. The molecule has 2 nitrogen and oxygen atoms in total. The summed E-state index contributed by atoms with van der Waals surface area (Å²) < 4.78 is 0. The van der Waals surface area contributed by atoms with Crippen LogP contribution < -0.4 is 5.32 Å². The van der Waals surface area contributed by atoms with E-state index in [1.54, 1.807) is 0 Å². The maximum Gasteiger partial charge on any atom is 0.0221 e. The van der Waals surface area contributed by atoms with Crippen molar-refractivity contribution in [3.63, 3.8) is 0 Å². The summed E-state index contributed by atoms with van der Waals surface area (Å²) in [6, 6.07) is 0.810. The van der Waals surface area contributed by atoms with Crippen LogP contribution in [0, 0.1) is 0 Å². The van der Waals surface area contributed by atoms with E-state index in [0.717, 1.165) is 6.04 Å². The van der Waals surface area contributed by atoms with Gasteiger partial charge in [0, 0.05) is 25.7 Å². The Hall–Kier alpha value is -0.0800. The minimum atomic E-state index is 0.810. The maximum absolute atomic E-state index is 3.48. The third-order valence-electron chi connectivity index (χ3n) is 3.02. The van der Waals surface area contributed by atoms with Gasteiger partial charge in [-0.3, -0.25) is 4.90 Å². The van der Waals surface area contributed by atoms with E-state index >= 15 is 0 Å². The lowest BCUT2D eigenvalue weighted by Crippen LogP contribution is -2.50. The Kier molecular flexibility index (Phi) is 5.40. The van der Waals surface area contributed by atoms with Crippen LogP contribution in [-0.4, -0.2) is 37.1 Å². The average Bonchev–Trinajstić information content (AvgIpc) is 2.19. The summed E-state index contributed by atoms with van der Waals surface area (Å²) in [6.45, 7) is 9.40. The molecule has 2 heteroatoms. The fraction of sp³-hybridized carbons (Fsp3) is 1.00. The van der Waals surface area contributed by atoms with E-state index in [9.17, 15) is 0 Å². The highest BCUT2D eigenvalue weighted by Gasteiger charge is 2.19. The van der Waals surface area contributed by atoms with E-state index in [4.69, 9.17) is 0 Å². The van der Waals surface area contributed by atoms with Crippen molar-refractivity contribution in [2.24, 2.45) is 0 Å². The van der Waals surface area contributed by atoms with Crippen LogP contribution in [0.25, 0.3) is 0 Å². The van der Waals surface area contributed by atoms with Crippen molar-refractivity contribution in [2.45, 2.75) is 45.6 Å². The zero-order valence-electron chi connectivity index (χ0n) is 9.18. The van der Waals surface area contributed by atoms with Gasteiger partial charge in [0.25, 0.3) is 0 Å². The number of piperazine rings is 1. The lowest BCUT2D eigenvalue weighted by Gasteiger charge is -2.35. The second-order valence-electron chi connectivity index (χ2n) is 3.98. The van der Waals surface area contributed by atoms with Crippen molar-refractivity contribution in [1.82, 2.24) is 10.2 Å². The molecule has 1 unspecified atom stereocenters. The third-order valence-corrected chi connectivity index (χ3v) is 3.02. The normalized spacial score (nSPS) is 24.9. The van der Waals surface area contributed by atoms with Gasteiger partial charge in [-0.15, -0.1) is 0 Å². The highest BCUT2D eigenvalue weighted by atomic mass is 15.2. The van der Waals surface area contributed by atoms with Crippen LogP contribution in [0.5, 0.6) is 0 Å². The number of nitrogens with zero attached hydrogens (tertiary/aromatic N) is 1. The first-order valence-electron chi connectivity index (χ1n) is 5.83. The predicted octanol–water partition coefficient (Wildman–Crippen LogP) is 1.86. The van der Waals surface area contributed by atoms with Crippen LogP contribution in [0.1, 0.15) is 39.5 Å². The number of hydrogen-bond acceptors (Lipinski definition) is 2. The monoisotopic (exact) mass is 184 g/mol. The summed E-state index contributed by atoms with van der Waals surface area (Å²) >= 11 is 0. The topological polar surface area (TPSA) is 15.3 Å². The first-order valence-corrected chi connectivity index (χ1v) is 5.83. The van der Waals surface area contributed by atoms with Gasteiger partial charge < -0.3 is 5.32 Å². The van der Waals surface area contributed by atoms with Crippen molar-refractivity contribution < 1.29 is 0 Å². The Balaban J connectivity index is 2.19. The summed E-state index contributed by atoms with van der Waals surface area (Å²) in [6.07, 6.45) is 5.52. The van der Waals surface area contributed by atoms with Crippen molar-refractivity contribution in [1.29, 1.82) is 0 Å². The minimum Gasteiger partial charge on any atom is -0.314 e. The average molecular weight is 184 g/mol. The number of unbranched alkanes of at least 4 members (excludes halogenated alkanes) is 2. The number of rotatable bonds is 5. The van der Waals surface area contributed by atoms with E-state index in [0.29, 0.717) is 0 Å². The van der Waals surface area contributed by atoms with E-state index in [2.05, 4.69) is 24.1 Å². The molecule has 0 amide bonds. The van der Waals surface area contributed by atoms with Crippen LogP contribution in [0.3, 0.4) is 0 Å². The van der Waals surface area contributed by atoms with E-state index in [1.165, 1.54) is 51.9 Å². The van der Waals surface area contributed by atoms with Crippen molar-refractivity contribution >= 4 is 0 Å². The molecule has 1 aliphatic rings. The van der Waals surface area contributed by atoms with Gasteiger partial charge in [-0.05, 0) is 13.0 Å². The Bertz CT molecular complexity index is 125. The molecule has 0 spiro atoms. The Labute approximate surface area is 82.7 Å². The SMILES string of the molecule is CCCCCC1CNCCN1CC. The zero-order valence-corrected chi connectivity index (χ0v) is 9.18. The minimum absolute atomic E-state index is 0.810. The Morgan fingerprint density at radius 1 is 1.31 bits per heavy atom. The first-order chi connectivity index (χ1) is 6.38. The van der Waals surface area contributed by atoms with Crippen molar-refractivity contribution in [2.75, 3.05) is 26.2 Å². The largest absolute Gasteiger partial charge is 0.314 e. The quantitative estimate of drug-likeness (QED) is 0.656. The third kappa shape index (κ3) is 3.65. The molecule has 0 aromatic heterocycles. The highest BCUT2D eigenvalue weighted by molar-refractivity contribution is 4.78. The molecule has 1 heterocycles. The highest BCUT2D eigenvalue weighted by Crippen LogP contribution is 2.11. The summed E-state index contributed by atoms with van der Waals surface area (Å²) in [5.74, 6) is 0. The zero-order chi connectivity index (χ0) is 9.52. The lowest BCUT2D eigenvalue weighted by molar-refractivity contribution is 0.158. The second-order valence-corrected chi connectivity index (χ2v) is 3.98.